The van der Waals surface area contributed by atoms with Crippen molar-refractivity contribution >= 4 is 23.8 Å². The molecule has 2 saturated heterocycles. The number of aromatic nitrogens is 1. The minimum atomic E-state index is -0.992. The number of hydrogen-bond acceptors (Lipinski definition) is 6. The zero-order valence-electron chi connectivity index (χ0n) is 16.8. The second-order valence-corrected chi connectivity index (χ2v) is 8.31. The van der Waals surface area contributed by atoms with Crippen LogP contribution >= 0.6 is 0 Å². The van der Waals surface area contributed by atoms with Crippen LogP contribution in [-0.2, 0) is 4.79 Å². The zero-order chi connectivity index (χ0) is 20.3. The number of anilines is 1. The van der Waals surface area contributed by atoms with E-state index in [4.69, 9.17) is 0 Å². The predicted octanol–water partition coefficient (Wildman–Crippen LogP) is 0.710. The Hall–Kier alpha value is -2.32. The van der Waals surface area contributed by atoms with Crippen LogP contribution in [0.25, 0.3) is 0 Å². The van der Waals surface area contributed by atoms with Gasteiger partial charge in [0.05, 0.1) is 6.04 Å². The van der Waals surface area contributed by atoms with Crippen molar-refractivity contribution in [2.24, 2.45) is 10.4 Å². The van der Waals surface area contributed by atoms with Crippen molar-refractivity contribution in [3.63, 3.8) is 0 Å². The Labute approximate surface area is 165 Å². The summed E-state index contributed by atoms with van der Waals surface area (Å²) >= 11 is 0. The van der Waals surface area contributed by atoms with Crippen molar-refractivity contribution < 1.29 is 14.7 Å². The quantitative estimate of drug-likeness (QED) is 0.701. The molecule has 152 valence electrons. The molecule has 8 heteroatoms. The van der Waals surface area contributed by atoms with Gasteiger partial charge in [0.15, 0.2) is 0 Å². The highest BCUT2D eigenvalue weighted by Crippen LogP contribution is 2.28. The maximum atomic E-state index is 12.7. The van der Waals surface area contributed by atoms with Crippen LogP contribution in [0.1, 0.15) is 37.2 Å². The number of nitrogens with zero attached hydrogens (tertiary/aromatic N) is 4. The van der Waals surface area contributed by atoms with Gasteiger partial charge >= 0.3 is 0 Å². The third-order valence-electron chi connectivity index (χ3n) is 5.28. The molecule has 1 aromatic heterocycles. The summed E-state index contributed by atoms with van der Waals surface area (Å²) in [6.45, 7) is 7.59. The first-order valence-corrected chi connectivity index (χ1v) is 9.71. The van der Waals surface area contributed by atoms with E-state index in [1.807, 2.05) is 0 Å². The average Bonchev–Trinajstić information content (AvgIpc) is 3.16. The molecule has 3 heterocycles. The topological polar surface area (TPSA) is 98.1 Å². The molecule has 28 heavy (non-hydrogen) atoms. The molecule has 2 amide bonds. The predicted molar refractivity (Wildman–Crippen MR) is 108 cm³/mol. The molecule has 2 aliphatic heterocycles. The second kappa shape index (κ2) is 8.36. The van der Waals surface area contributed by atoms with Gasteiger partial charge in [0.1, 0.15) is 17.6 Å². The zero-order valence-corrected chi connectivity index (χ0v) is 16.8. The first-order chi connectivity index (χ1) is 13.3. The summed E-state index contributed by atoms with van der Waals surface area (Å²) in [5.74, 6) is -0.300. The lowest BCUT2D eigenvalue weighted by Crippen LogP contribution is -2.44. The summed E-state index contributed by atoms with van der Waals surface area (Å²) < 4.78 is 0. The fraction of sp³-hybridized carbons (Fsp3) is 0.600. The van der Waals surface area contributed by atoms with Crippen LogP contribution in [0, 0.1) is 5.41 Å². The van der Waals surface area contributed by atoms with Crippen LogP contribution in [0.3, 0.4) is 0 Å². The lowest BCUT2D eigenvalue weighted by atomic mass is 9.93. The molecule has 2 N–H and O–H groups in total. The Balaban J connectivity index is 1.67. The lowest BCUT2D eigenvalue weighted by Gasteiger charge is -2.24. The number of rotatable bonds is 6. The summed E-state index contributed by atoms with van der Waals surface area (Å²) in [4.78, 5) is 36.9. The Bertz CT molecular complexity index is 764. The van der Waals surface area contributed by atoms with E-state index in [0.29, 0.717) is 30.7 Å². The van der Waals surface area contributed by atoms with Gasteiger partial charge in [-0.25, -0.2) is 4.98 Å². The van der Waals surface area contributed by atoms with E-state index in [2.05, 4.69) is 34.0 Å². The molecule has 2 aliphatic rings. The van der Waals surface area contributed by atoms with Crippen molar-refractivity contribution in [3.05, 3.63) is 23.9 Å². The summed E-state index contributed by atoms with van der Waals surface area (Å²) in [6.07, 6.45) is 2.26. The number of hydrogen-bond donors (Lipinski definition) is 2. The Morgan fingerprint density at radius 2 is 2.25 bits per heavy atom. The van der Waals surface area contributed by atoms with Gasteiger partial charge in [0.25, 0.3) is 11.8 Å². The molecule has 2 fully saturated rings. The van der Waals surface area contributed by atoms with Gasteiger partial charge in [-0.1, -0.05) is 19.9 Å². The van der Waals surface area contributed by atoms with E-state index in [0.717, 1.165) is 19.5 Å². The molecular weight excluding hydrogens is 358 g/mol. The third kappa shape index (κ3) is 4.74. The minimum Gasteiger partial charge on any atom is -0.383 e. The van der Waals surface area contributed by atoms with Crippen LogP contribution < -0.4 is 10.2 Å². The first-order valence-electron chi connectivity index (χ1n) is 9.71. The second-order valence-electron chi connectivity index (χ2n) is 8.31. The van der Waals surface area contributed by atoms with E-state index < -0.39 is 6.10 Å². The molecular formula is C20H29N5O3. The van der Waals surface area contributed by atoms with E-state index >= 15 is 0 Å². The van der Waals surface area contributed by atoms with Crippen molar-refractivity contribution in [1.82, 2.24) is 15.2 Å². The van der Waals surface area contributed by atoms with Gasteiger partial charge in [-0.15, -0.1) is 0 Å². The lowest BCUT2D eigenvalue weighted by molar-refractivity contribution is -0.124. The van der Waals surface area contributed by atoms with Gasteiger partial charge in [-0.2, -0.15) is 0 Å². The molecule has 0 spiro atoms. The molecule has 0 aromatic carbocycles. The van der Waals surface area contributed by atoms with Crippen LogP contribution in [0.2, 0.25) is 0 Å². The molecule has 8 nitrogen and oxygen atoms in total. The van der Waals surface area contributed by atoms with Crippen molar-refractivity contribution in [2.75, 3.05) is 38.1 Å². The van der Waals surface area contributed by atoms with Gasteiger partial charge < -0.3 is 15.3 Å². The van der Waals surface area contributed by atoms with Crippen LogP contribution in [0.15, 0.2) is 23.2 Å². The van der Waals surface area contributed by atoms with Crippen molar-refractivity contribution in [2.45, 2.75) is 38.8 Å². The molecule has 3 rings (SSSR count). The standard InChI is InChI=1S/C20H29N5O3/c1-20(2)8-10-24(13-20)12-14(11-21-3)22-18(27)15-5-4-6-17(23-15)25-9-7-16(26)19(25)28/h4-6,11,14,16,26H,7-10,12-13H2,1-3H3,(H,22,27). The summed E-state index contributed by atoms with van der Waals surface area (Å²) in [6, 6.07) is 4.77. The molecule has 2 atom stereocenters. The van der Waals surface area contributed by atoms with E-state index in [1.54, 1.807) is 31.5 Å². The van der Waals surface area contributed by atoms with E-state index in [-0.39, 0.29) is 23.6 Å². The van der Waals surface area contributed by atoms with Gasteiger partial charge in [0.2, 0.25) is 0 Å². The Kier molecular flexibility index (Phi) is 6.10. The van der Waals surface area contributed by atoms with Crippen LogP contribution in [0.4, 0.5) is 5.82 Å². The molecule has 1 aromatic rings. The number of carbonyl (C=O) groups is 2. The molecule has 0 aliphatic carbocycles. The highest BCUT2D eigenvalue weighted by atomic mass is 16.3. The highest BCUT2D eigenvalue weighted by molar-refractivity contribution is 5.99. The molecule has 0 bridgehead atoms. The van der Waals surface area contributed by atoms with Gasteiger partial charge in [-0.05, 0) is 30.5 Å². The number of pyridine rings is 1. The van der Waals surface area contributed by atoms with Gasteiger partial charge in [0, 0.05) is 39.3 Å². The monoisotopic (exact) mass is 387 g/mol. The number of aliphatic hydroxyl groups excluding tert-OH is 1. The number of aliphatic hydroxyl groups is 1. The van der Waals surface area contributed by atoms with Crippen LogP contribution in [-0.4, -0.2) is 78.4 Å². The van der Waals surface area contributed by atoms with E-state index in [1.165, 1.54) is 4.90 Å². The summed E-state index contributed by atoms with van der Waals surface area (Å²) in [5.41, 5.74) is 0.531. The molecule has 2 unspecified atom stereocenters. The number of aliphatic imine (C=N–C) groups is 1. The SMILES string of the molecule is CN=CC(CN1CCC(C)(C)C1)NC(=O)c1cccc(N2CCC(O)C2=O)n1. The Morgan fingerprint density at radius 3 is 2.86 bits per heavy atom. The molecule has 0 radical (unpaired) electrons. The largest absolute Gasteiger partial charge is 0.383 e. The average molecular weight is 387 g/mol. The molecule has 0 saturated carbocycles. The summed E-state index contributed by atoms with van der Waals surface area (Å²) in [7, 11) is 1.69. The summed E-state index contributed by atoms with van der Waals surface area (Å²) in [5, 5.41) is 12.6. The van der Waals surface area contributed by atoms with Gasteiger partial charge in [-0.3, -0.25) is 19.5 Å². The maximum Gasteiger partial charge on any atom is 0.270 e. The Morgan fingerprint density at radius 1 is 1.46 bits per heavy atom. The fourth-order valence-electron chi connectivity index (χ4n) is 3.80. The third-order valence-corrected chi connectivity index (χ3v) is 5.28. The number of likely N-dealkylation sites (tertiary alicyclic amines) is 1. The smallest absolute Gasteiger partial charge is 0.270 e. The maximum absolute atomic E-state index is 12.7. The minimum absolute atomic E-state index is 0.216. The number of carbonyl (C=O) groups excluding carboxylic acids is 2. The first kappa shape index (κ1) is 20.4. The number of nitrogens with one attached hydrogen (secondary N) is 1. The number of amides is 2. The highest BCUT2D eigenvalue weighted by Gasteiger charge is 2.32. The normalized spacial score (nSPS) is 23.5. The van der Waals surface area contributed by atoms with E-state index in [9.17, 15) is 14.7 Å². The van der Waals surface area contributed by atoms with Crippen LogP contribution in [0.5, 0.6) is 0 Å². The van der Waals surface area contributed by atoms with Crippen molar-refractivity contribution in [3.8, 4) is 0 Å². The van der Waals surface area contributed by atoms with Crippen molar-refractivity contribution in [1.29, 1.82) is 0 Å². The fourth-order valence-corrected chi connectivity index (χ4v) is 3.80.